The fourth-order valence-electron chi connectivity index (χ4n) is 5.36. The molecule has 1 heterocycles. The van der Waals surface area contributed by atoms with Gasteiger partial charge in [0, 0.05) is 5.57 Å². The molecule has 0 saturated carbocycles. The quantitative estimate of drug-likeness (QED) is 0.331. The third-order valence-electron chi connectivity index (χ3n) is 8.15. The summed E-state index contributed by atoms with van der Waals surface area (Å²) in [5, 5.41) is 10.6. The van der Waals surface area contributed by atoms with E-state index in [1.807, 2.05) is 13.8 Å². The molecule has 3 nitrogen and oxygen atoms in total. The summed E-state index contributed by atoms with van der Waals surface area (Å²) in [5.74, 6) is 3.02. The first-order chi connectivity index (χ1) is 14.9. The first kappa shape index (κ1) is 27.2. The Kier molecular flexibility index (Phi) is 9.64. The zero-order valence-electron chi connectivity index (χ0n) is 22.3. The Morgan fingerprint density at radius 1 is 0.906 bits per heavy atom. The van der Waals surface area contributed by atoms with Crippen LogP contribution in [-0.4, -0.2) is 22.1 Å². The summed E-state index contributed by atoms with van der Waals surface area (Å²) in [6.07, 6.45) is 13.1. The van der Waals surface area contributed by atoms with E-state index < -0.39 is 5.60 Å². The molecular formula is C29H50O3. The molecule has 0 aromatic rings. The average Bonchev–Trinajstić information content (AvgIpc) is 2.70. The lowest BCUT2D eigenvalue weighted by molar-refractivity contribution is -0.130. The van der Waals surface area contributed by atoms with Crippen molar-refractivity contribution in [1.29, 1.82) is 0 Å². The van der Waals surface area contributed by atoms with Crippen LogP contribution in [0.15, 0.2) is 22.5 Å². The maximum Gasteiger partial charge on any atom is 0.197 e. The Morgan fingerprint density at radius 2 is 1.44 bits per heavy atom. The number of carbonyl (C=O) groups is 1. The minimum Gasteiger partial charge on any atom is -0.487 e. The fourth-order valence-corrected chi connectivity index (χ4v) is 5.36. The summed E-state index contributed by atoms with van der Waals surface area (Å²) in [7, 11) is 0. The van der Waals surface area contributed by atoms with Crippen LogP contribution in [-0.2, 0) is 9.53 Å². The summed E-state index contributed by atoms with van der Waals surface area (Å²) in [4.78, 5) is 12.8. The molecule has 3 heteroatoms. The number of rotatable bonds is 12. The minimum atomic E-state index is -1.39. The van der Waals surface area contributed by atoms with Crippen LogP contribution in [0, 0.1) is 17.8 Å². The second-order valence-corrected chi connectivity index (χ2v) is 11.9. The Morgan fingerprint density at radius 3 is 2.00 bits per heavy atom. The van der Waals surface area contributed by atoms with Gasteiger partial charge in [0.05, 0.1) is 0 Å². The summed E-state index contributed by atoms with van der Waals surface area (Å²) in [6, 6.07) is 0. The fraction of sp³-hybridized carbons (Fsp3) is 0.828. The molecular weight excluding hydrogens is 396 g/mol. The molecule has 0 aromatic heterocycles. The molecule has 184 valence electrons. The van der Waals surface area contributed by atoms with Crippen molar-refractivity contribution >= 4 is 5.78 Å². The van der Waals surface area contributed by atoms with Gasteiger partial charge in [-0.2, -0.15) is 0 Å². The van der Waals surface area contributed by atoms with Crippen molar-refractivity contribution in [2.75, 3.05) is 0 Å². The molecule has 0 spiro atoms. The molecule has 0 saturated heterocycles. The summed E-state index contributed by atoms with van der Waals surface area (Å²) >= 11 is 0. The largest absolute Gasteiger partial charge is 0.487 e. The van der Waals surface area contributed by atoms with E-state index in [9.17, 15) is 9.90 Å². The minimum absolute atomic E-state index is 0.176. The number of aliphatic hydroxyl groups is 1. The second-order valence-electron chi connectivity index (χ2n) is 11.9. The van der Waals surface area contributed by atoms with Crippen LogP contribution in [0.25, 0.3) is 0 Å². The number of hydrogen-bond donors (Lipinski definition) is 1. The van der Waals surface area contributed by atoms with Crippen LogP contribution in [0.5, 0.6) is 0 Å². The standard InChI is InChI=1S/C29H50O3/c1-20(2)12-9-13-21(3)14-10-15-22(4)16-11-18-28(7)19-17-25-26(32-28)23(5)24(6)29(8,31)27(25)30/h20-22,31H,9-19H2,1-8H3. The Balaban J connectivity index is 1.75. The Labute approximate surface area is 198 Å². The van der Waals surface area contributed by atoms with E-state index in [0.29, 0.717) is 12.0 Å². The summed E-state index contributed by atoms with van der Waals surface area (Å²) < 4.78 is 6.46. The van der Waals surface area contributed by atoms with Gasteiger partial charge in [0.1, 0.15) is 17.0 Å². The maximum absolute atomic E-state index is 12.8. The van der Waals surface area contributed by atoms with E-state index in [1.54, 1.807) is 6.92 Å². The van der Waals surface area contributed by atoms with Crippen molar-refractivity contribution in [3.05, 3.63) is 22.5 Å². The number of allylic oxidation sites excluding steroid dienone is 1. The smallest absolute Gasteiger partial charge is 0.197 e. The van der Waals surface area contributed by atoms with Gasteiger partial charge in [-0.05, 0) is 82.3 Å². The number of carbonyl (C=O) groups excluding carboxylic acids is 1. The van der Waals surface area contributed by atoms with E-state index in [1.165, 1.54) is 44.9 Å². The lowest BCUT2D eigenvalue weighted by Crippen LogP contribution is -2.45. The molecule has 2 aliphatic rings. The van der Waals surface area contributed by atoms with E-state index in [0.717, 1.165) is 53.9 Å². The van der Waals surface area contributed by atoms with Crippen LogP contribution < -0.4 is 0 Å². The molecule has 2 rings (SSSR count). The highest BCUT2D eigenvalue weighted by Crippen LogP contribution is 2.44. The second kappa shape index (κ2) is 11.4. The molecule has 0 radical (unpaired) electrons. The lowest BCUT2D eigenvalue weighted by Gasteiger charge is -2.42. The predicted octanol–water partition coefficient (Wildman–Crippen LogP) is 7.92. The van der Waals surface area contributed by atoms with Crippen molar-refractivity contribution in [2.45, 2.75) is 137 Å². The van der Waals surface area contributed by atoms with Gasteiger partial charge in [-0.3, -0.25) is 4.79 Å². The molecule has 0 bridgehead atoms. The zero-order valence-corrected chi connectivity index (χ0v) is 22.3. The first-order valence-electron chi connectivity index (χ1n) is 13.2. The maximum atomic E-state index is 12.8. The van der Waals surface area contributed by atoms with Gasteiger partial charge in [-0.25, -0.2) is 0 Å². The van der Waals surface area contributed by atoms with Crippen molar-refractivity contribution in [2.24, 2.45) is 17.8 Å². The molecule has 4 atom stereocenters. The predicted molar refractivity (Wildman–Crippen MR) is 134 cm³/mol. The molecule has 0 amide bonds. The van der Waals surface area contributed by atoms with Gasteiger partial charge >= 0.3 is 0 Å². The zero-order chi connectivity index (χ0) is 24.1. The third kappa shape index (κ3) is 6.95. The van der Waals surface area contributed by atoms with Crippen molar-refractivity contribution < 1.29 is 14.6 Å². The van der Waals surface area contributed by atoms with E-state index in [4.69, 9.17) is 4.74 Å². The SMILES string of the molecule is CC1=C(C)C(C)(O)C(=O)C2=C1OC(C)(CCCC(C)CCCC(C)CCCC(C)C)CC2. The van der Waals surface area contributed by atoms with Gasteiger partial charge in [0.2, 0.25) is 0 Å². The van der Waals surface area contributed by atoms with Gasteiger partial charge in [0.25, 0.3) is 0 Å². The van der Waals surface area contributed by atoms with Gasteiger partial charge < -0.3 is 9.84 Å². The molecule has 0 aromatic carbocycles. The van der Waals surface area contributed by atoms with Gasteiger partial charge in [-0.1, -0.05) is 72.6 Å². The molecule has 32 heavy (non-hydrogen) atoms. The molecule has 1 N–H and O–H groups in total. The molecule has 1 aliphatic heterocycles. The van der Waals surface area contributed by atoms with Crippen LogP contribution >= 0.6 is 0 Å². The highest BCUT2D eigenvalue weighted by Gasteiger charge is 2.45. The monoisotopic (exact) mass is 446 g/mol. The highest BCUT2D eigenvalue weighted by molar-refractivity contribution is 6.06. The van der Waals surface area contributed by atoms with Gasteiger partial charge in [0.15, 0.2) is 5.78 Å². The van der Waals surface area contributed by atoms with Crippen LogP contribution in [0.2, 0.25) is 0 Å². The van der Waals surface area contributed by atoms with Crippen molar-refractivity contribution in [3.8, 4) is 0 Å². The highest BCUT2D eigenvalue weighted by atomic mass is 16.5. The van der Waals surface area contributed by atoms with E-state index >= 15 is 0 Å². The molecule has 0 fully saturated rings. The van der Waals surface area contributed by atoms with Crippen LogP contribution in [0.3, 0.4) is 0 Å². The number of hydrogen-bond acceptors (Lipinski definition) is 3. The van der Waals surface area contributed by atoms with Crippen molar-refractivity contribution in [1.82, 2.24) is 0 Å². The number of ether oxygens (including phenoxy) is 1. The number of ketones is 1. The number of Topliss-reactive ketones (excluding diaryl/α,β-unsaturated/α-hetero) is 1. The molecule has 1 aliphatic carbocycles. The third-order valence-corrected chi connectivity index (χ3v) is 8.15. The normalized spacial score (nSPS) is 28.1. The Bertz CT molecular complexity index is 712. The topological polar surface area (TPSA) is 46.5 Å². The van der Waals surface area contributed by atoms with Gasteiger partial charge in [-0.15, -0.1) is 0 Å². The van der Waals surface area contributed by atoms with Crippen LogP contribution in [0.4, 0.5) is 0 Å². The lowest BCUT2D eigenvalue weighted by atomic mass is 9.75. The van der Waals surface area contributed by atoms with Crippen molar-refractivity contribution in [3.63, 3.8) is 0 Å². The summed E-state index contributed by atoms with van der Waals surface area (Å²) in [6.45, 7) is 17.1. The van der Waals surface area contributed by atoms with Crippen LogP contribution in [0.1, 0.15) is 126 Å². The Hall–Kier alpha value is -1.09. The molecule has 4 unspecified atom stereocenters. The average molecular weight is 447 g/mol. The van der Waals surface area contributed by atoms with E-state index in [2.05, 4.69) is 34.6 Å². The first-order valence-corrected chi connectivity index (χ1v) is 13.2. The van der Waals surface area contributed by atoms with E-state index in [-0.39, 0.29) is 11.4 Å². The summed E-state index contributed by atoms with van der Waals surface area (Å²) in [5.41, 5.74) is 0.742.